The van der Waals surface area contributed by atoms with Gasteiger partial charge in [-0.25, -0.2) is 4.98 Å². The Kier molecular flexibility index (Phi) is 4.65. The van der Waals surface area contributed by atoms with Crippen molar-refractivity contribution >= 4 is 44.1 Å². The molecule has 5 nitrogen and oxygen atoms in total. The van der Waals surface area contributed by atoms with Gasteiger partial charge in [-0.15, -0.1) is 11.3 Å². The number of H-pyrrole nitrogens is 1. The van der Waals surface area contributed by atoms with Gasteiger partial charge < -0.3 is 16.0 Å². The van der Waals surface area contributed by atoms with Crippen molar-refractivity contribution in [2.24, 2.45) is 0 Å². The fraction of sp³-hybridized carbons (Fsp3) is 0.273. The lowest BCUT2D eigenvalue weighted by Crippen LogP contribution is -2.25. The molecule has 0 spiro atoms. The normalized spacial score (nSPS) is 14.4. The summed E-state index contributed by atoms with van der Waals surface area (Å²) >= 11 is 0.918. The third-order valence-corrected chi connectivity index (χ3v) is 6.68. The quantitative estimate of drug-likeness (QED) is 0.394. The zero-order valence-corrected chi connectivity index (χ0v) is 17.2. The van der Waals surface area contributed by atoms with Crippen molar-refractivity contribution in [2.45, 2.75) is 31.4 Å². The Labute approximate surface area is 179 Å². The van der Waals surface area contributed by atoms with E-state index in [1.165, 1.54) is 0 Å². The Morgan fingerprint density at radius 1 is 1.29 bits per heavy atom. The van der Waals surface area contributed by atoms with Gasteiger partial charge in [0.1, 0.15) is 9.71 Å². The maximum Gasteiger partial charge on any atom is 0.417 e. The van der Waals surface area contributed by atoms with Crippen LogP contribution in [-0.4, -0.2) is 22.4 Å². The molecule has 1 saturated carbocycles. The lowest BCUT2D eigenvalue weighted by molar-refractivity contribution is -0.136. The largest absolute Gasteiger partial charge is 0.417 e. The Morgan fingerprint density at radius 2 is 2.06 bits per heavy atom. The molecule has 4 N–H and O–H groups in total. The van der Waals surface area contributed by atoms with Crippen molar-refractivity contribution in [1.82, 2.24) is 15.3 Å². The van der Waals surface area contributed by atoms with Crippen molar-refractivity contribution < 1.29 is 18.0 Å². The Hall–Kier alpha value is -3.07. The van der Waals surface area contributed by atoms with Crippen molar-refractivity contribution in [2.75, 3.05) is 12.3 Å². The molecule has 4 aromatic rings. The van der Waals surface area contributed by atoms with Crippen LogP contribution in [-0.2, 0) is 12.6 Å². The Morgan fingerprint density at radius 3 is 2.81 bits per heavy atom. The molecule has 5 rings (SSSR count). The number of alkyl halides is 3. The van der Waals surface area contributed by atoms with Crippen molar-refractivity contribution in [3.8, 4) is 0 Å². The van der Waals surface area contributed by atoms with Gasteiger partial charge >= 0.3 is 6.18 Å². The van der Waals surface area contributed by atoms with E-state index in [4.69, 9.17) is 5.73 Å². The summed E-state index contributed by atoms with van der Waals surface area (Å²) in [5, 5.41) is 3.68. The molecule has 3 aromatic heterocycles. The lowest BCUT2D eigenvalue weighted by Gasteiger charge is -2.11. The van der Waals surface area contributed by atoms with Gasteiger partial charge in [-0.1, -0.05) is 18.2 Å². The number of amides is 1. The molecule has 1 aromatic carbocycles. The van der Waals surface area contributed by atoms with Gasteiger partial charge in [0.05, 0.1) is 11.3 Å². The third kappa shape index (κ3) is 3.63. The highest BCUT2D eigenvalue weighted by atomic mass is 32.1. The molecule has 0 unspecified atom stereocenters. The minimum absolute atomic E-state index is 0.0577. The van der Waals surface area contributed by atoms with E-state index in [1.807, 2.05) is 30.5 Å². The minimum atomic E-state index is -4.57. The molecule has 0 aliphatic heterocycles. The third-order valence-electron chi connectivity index (χ3n) is 5.58. The van der Waals surface area contributed by atoms with Crippen molar-refractivity contribution in [3.05, 3.63) is 58.2 Å². The molecule has 160 valence electrons. The molecule has 0 radical (unpaired) electrons. The maximum atomic E-state index is 13.7. The van der Waals surface area contributed by atoms with E-state index in [2.05, 4.69) is 15.3 Å². The van der Waals surface area contributed by atoms with Crippen LogP contribution in [0.1, 0.15) is 45.3 Å². The van der Waals surface area contributed by atoms with Crippen LogP contribution in [0.5, 0.6) is 0 Å². The zero-order valence-electron chi connectivity index (χ0n) is 16.3. The van der Waals surface area contributed by atoms with Crippen LogP contribution < -0.4 is 11.1 Å². The minimum Gasteiger partial charge on any atom is -0.397 e. The second kappa shape index (κ2) is 7.26. The SMILES string of the molecule is Nc1c(C(=O)NCCc2c[nH]c3ccccc23)sc2nc(C3CC3)cc(C(F)(F)F)c12. The fourth-order valence-corrected chi connectivity index (χ4v) is 4.89. The van der Waals surface area contributed by atoms with Crippen LogP contribution >= 0.6 is 11.3 Å². The van der Waals surface area contributed by atoms with Gasteiger partial charge in [0, 0.05) is 40.6 Å². The molecule has 1 aliphatic rings. The fourth-order valence-electron chi connectivity index (χ4n) is 3.85. The van der Waals surface area contributed by atoms with E-state index in [-0.39, 0.29) is 26.7 Å². The first kappa shape index (κ1) is 19.9. The van der Waals surface area contributed by atoms with Crippen molar-refractivity contribution in [3.63, 3.8) is 0 Å². The summed E-state index contributed by atoms with van der Waals surface area (Å²) in [6.45, 7) is 0.335. The summed E-state index contributed by atoms with van der Waals surface area (Å²) in [5.41, 5.74) is 7.53. The number of anilines is 1. The monoisotopic (exact) mass is 444 g/mol. The average molecular weight is 444 g/mol. The standard InChI is InChI=1S/C22H19F3N4OS/c23-22(24,25)14-9-16(11-5-6-11)29-21-17(14)18(26)19(31-21)20(30)27-8-7-12-10-28-15-4-2-1-3-13(12)15/h1-4,9-11,28H,5-8,26H2,(H,27,30). The molecular formula is C22H19F3N4OS. The summed E-state index contributed by atoms with van der Waals surface area (Å²) in [7, 11) is 0. The van der Waals surface area contributed by atoms with Crippen LogP contribution in [0, 0.1) is 0 Å². The molecule has 1 amide bonds. The number of carbonyl (C=O) groups is 1. The molecule has 0 atom stereocenters. The van der Waals surface area contributed by atoms with E-state index in [9.17, 15) is 18.0 Å². The number of halogens is 3. The summed E-state index contributed by atoms with van der Waals surface area (Å²) in [6.07, 6.45) is -0.430. The summed E-state index contributed by atoms with van der Waals surface area (Å²) in [5.74, 6) is -0.427. The van der Waals surface area contributed by atoms with Gasteiger partial charge in [-0.05, 0) is 37.0 Å². The number of aromatic nitrogens is 2. The molecule has 1 aliphatic carbocycles. The highest BCUT2D eigenvalue weighted by molar-refractivity contribution is 7.21. The van der Waals surface area contributed by atoms with E-state index in [0.717, 1.165) is 46.7 Å². The zero-order chi connectivity index (χ0) is 21.8. The number of nitrogen functional groups attached to an aromatic ring is 1. The number of pyridine rings is 1. The first-order chi connectivity index (χ1) is 14.8. The van der Waals surface area contributed by atoms with Crippen LogP contribution in [0.25, 0.3) is 21.1 Å². The number of nitrogens with zero attached hydrogens (tertiary/aromatic N) is 1. The molecule has 1 fully saturated rings. The molecule has 0 saturated heterocycles. The topological polar surface area (TPSA) is 83.8 Å². The number of carbonyl (C=O) groups excluding carboxylic acids is 1. The summed E-state index contributed by atoms with van der Waals surface area (Å²) in [6, 6.07) is 8.93. The number of hydrogen-bond acceptors (Lipinski definition) is 4. The Balaban J connectivity index is 1.40. The maximum absolute atomic E-state index is 13.7. The summed E-state index contributed by atoms with van der Waals surface area (Å²) in [4.78, 5) is 20.5. The van der Waals surface area contributed by atoms with Crippen LogP contribution in [0.15, 0.2) is 36.5 Å². The highest BCUT2D eigenvalue weighted by Crippen LogP contribution is 2.46. The van der Waals surface area contributed by atoms with Crippen LogP contribution in [0.3, 0.4) is 0 Å². The van der Waals surface area contributed by atoms with Gasteiger partial charge in [0.15, 0.2) is 0 Å². The molecule has 31 heavy (non-hydrogen) atoms. The average Bonchev–Trinajstić information content (AvgIpc) is 3.43. The van der Waals surface area contributed by atoms with Crippen molar-refractivity contribution in [1.29, 1.82) is 0 Å². The first-order valence-electron chi connectivity index (χ1n) is 9.96. The van der Waals surface area contributed by atoms with Crippen LogP contribution in [0.4, 0.5) is 18.9 Å². The van der Waals surface area contributed by atoms with E-state index in [1.54, 1.807) is 0 Å². The molecule has 0 bridgehead atoms. The smallest absolute Gasteiger partial charge is 0.397 e. The number of benzene rings is 1. The molecular weight excluding hydrogens is 425 g/mol. The van der Waals surface area contributed by atoms with E-state index >= 15 is 0 Å². The summed E-state index contributed by atoms with van der Waals surface area (Å²) < 4.78 is 41.0. The number of hydrogen-bond donors (Lipinski definition) is 3. The predicted octanol–water partition coefficient (Wildman–Crippen LogP) is 5.23. The number of aromatic amines is 1. The molecule has 9 heteroatoms. The van der Waals surface area contributed by atoms with Gasteiger partial charge in [0.25, 0.3) is 5.91 Å². The number of rotatable bonds is 5. The van der Waals surface area contributed by atoms with E-state index in [0.29, 0.717) is 18.7 Å². The second-order valence-electron chi connectivity index (χ2n) is 7.76. The van der Waals surface area contributed by atoms with E-state index < -0.39 is 17.6 Å². The number of para-hydroxylation sites is 1. The van der Waals surface area contributed by atoms with Gasteiger partial charge in [0.2, 0.25) is 0 Å². The number of fused-ring (bicyclic) bond motifs is 2. The van der Waals surface area contributed by atoms with Gasteiger partial charge in [-0.2, -0.15) is 13.2 Å². The predicted molar refractivity (Wildman–Crippen MR) is 115 cm³/mol. The second-order valence-corrected chi connectivity index (χ2v) is 8.76. The van der Waals surface area contributed by atoms with Gasteiger partial charge in [-0.3, -0.25) is 4.79 Å². The Bertz CT molecular complexity index is 1300. The highest BCUT2D eigenvalue weighted by Gasteiger charge is 2.38. The van der Waals surface area contributed by atoms with Crippen LogP contribution in [0.2, 0.25) is 0 Å². The first-order valence-corrected chi connectivity index (χ1v) is 10.8. The lowest BCUT2D eigenvalue weighted by atomic mass is 10.1. The number of nitrogens with one attached hydrogen (secondary N) is 2. The number of nitrogens with two attached hydrogens (primary N) is 1. The molecule has 3 heterocycles. The number of thiophene rings is 1.